The summed E-state index contributed by atoms with van der Waals surface area (Å²) in [6.07, 6.45) is 5.93. The van der Waals surface area contributed by atoms with Crippen LogP contribution in [0.2, 0.25) is 0 Å². The van der Waals surface area contributed by atoms with Crippen LogP contribution in [-0.2, 0) is 22.6 Å². The molecule has 5 heteroatoms. The van der Waals surface area contributed by atoms with Crippen molar-refractivity contribution >= 4 is 23.4 Å². The molecule has 3 amide bonds. The Balaban J connectivity index is 1.27. The molecule has 0 spiro atoms. The predicted octanol–water partition coefficient (Wildman–Crippen LogP) is 3.20. The van der Waals surface area contributed by atoms with Crippen molar-refractivity contribution in [1.29, 1.82) is 0 Å². The van der Waals surface area contributed by atoms with Gasteiger partial charge in [-0.1, -0.05) is 42.5 Å². The molecule has 4 aliphatic rings. The number of nitrogens with zero attached hydrogens (tertiary/aromatic N) is 2. The van der Waals surface area contributed by atoms with Crippen molar-refractivity contribution in [3.8, 4) is 0 Å². The maximum absolute atomic E-state index is 13.2. The van der Waals surface area contributed by atoms with Crippen molar-refractivity contribution in [3.05, 3.63) is 77.4 Å². The average molecular weight is 398 g/mol. The van der Waals surface area contributed by atoms with Gasteiger partial charge in [-0.3, -0.25) is 14.4 Å². The zero-order chi connectivity index (χ0) is 20.4. The molecule has 30 heavy (non-hydrogen) atoms. The van der Waals surface area contributed by atoms with Crippen molar-refractivity contribution in [3.63, 3.8) is 0 Å². The average Bonchev–Trinajstić information content (AvgIpc) is 3.46. The van der Waals surface area contributed by atoms with Crippen molar-refractivity contribution in [1.82, 2.24) is 4.90 Å². The SMILES string of the molecule is O=C(c1cccc(N2C(=O)[C@H]3[C@H](C2=O)[C@H]2C=C[C@H]3C2)c1)N1CCc2ccccc2C1. The van der Waals surface area contributed by atoms with Gasteiger partial charge in [-0.2, -0.15) is 0 Å². The molecule has 5 nitrogen and oxygen atoms in total. The summed E-state index contributed by atoms with van der Waals surface area (Å²) in [6, 6.07) is 15.2. The molecule has 2 aliphatic heterocycles. The fourth-order valence-electron chi connectivity index (χ4n) is 5.79. The van der Waals surface area contributed by atoms with Crippen LogP contribution < -0.4 is 4.90 Å². The Labute approximate surface area is 175 Å². The zero-order valence-electron chi connectivity index (χ0n) is 16.5. The third-order valence-corrected chi connectivity index (χ3v) is 7.24. The van der Waals surface area contributed by atoms with Crippen LogP contribution in [0.4, 0.5) is 5.69 Å². The highest BCUT2D eigenvalue weighted by Gasteiger charge is 2.59. The number of anilines is 1. The van der Waals surface area contributed by atoms with Crippen molar-refractivity contribution in [2.45, 2.75) is 19.4 Å². The zero-order valence-corrected chi connectivity index (χ0v) is 16.5. The van der Waals surface area contributed by atoms with E-state index in [2.05, 4.69) is 24.3 Å². The molecule has 1 saturated carbocycles. The topological polar surface area (TPSA) is 57.7 Å². The monoisotopic (exact) mass is 398 g/mol. The highest BCUT2D eigenvalue weighted by molar-refractivity contribution is 6.23. The smallest absolute Gasteiger partial charge is 0.254 e. The number of benzene rings is 2. The normalized spacial score (nSPS) is 28.8. The molecule has 4 atom stereocenters. The molecule has 2 fully saturated rings. The van der Waals surface area contributed by atoms with Crippen LogP contribution in [0.25, 0.3) is 0 Å². The first-order chi connectivity index (χ1) is 14.6. The van der Waals surface area contributed by atoms with Gasteiger partial charge in [-0.25, -0.2) is 4.90 Å². The minimum absolute atomic E-state index is 0.0626. The molecular weight excluding hydrogens is 376 g/mol. The van der Waals surface area contributed by atoms with Gasteiger partial charge in [0.1, 0.15) is 0 Å². The van der Waals surface area contributed by atoms with E-state index in [9.17, 15) is 14.4 Å². The first kappa shape index (κ1) is 17.6. The van der Waals surface area contributed by atoms with Gasteiger partial charge in [-0.15, -0.1) is 0 Å². The van der Waals surface area contributed by atoms with E-state index >= 15 is 0 Å². The molecule has 2 heterocycles. The van der Waals surface area contributed by atoms with E-state index in [-0.39, 0.29) is 41.4 Å². The molecule has 1 saturated heterocycles. The summed E-state index contributed by atoms with van der Waals surface area (Å²) in [4.78, 5) is 42.5. The van der Waals surface area contributed by atoms with E-state index in [1.54, 1.807) is 24.3 Å². The summed E-state index contributed by atoms with van der Waals surface area (Å²) >= 11 is 0. The number of carbonyl (C=O) groups is 3. The molecular formula is C25H22N2O3. The Morgan fingerprint density at radius 3 is 2.30 bits per heavy atom. The number of fused-ring (bicyclic) bond motifs is 6. The molecule has 0 aromatic heterocycles. The highest BCUT2D eigenvalue weighted by atomic mass is 16.2. The van der Waals surface area contributed by atoms with Crippen LogP contribution in [0.5, 0.6) is 0 Å². The summed E-state index contributed by atoms with van der Waals surface area (Å²) in [5.41, 5.74) is 3.50. The lowest BCUT2D eigenvalue weighted by molar-refractivity contribution is -0.123. The fourth-order valence-corrected chi connectivity index (χ4v) is 5.79. The quantitative estimate of drug-likeness (QED) is 0.577. The van der Waals surface area contributed by atoms with E-state index in [1.165, 1.54) is 16.0 Å². The van der Waals surface area contributed by atoms with Crippen molar-refractivity contribution < 1.29 is 14.4 Å². The highest BCUT2D eigenvalue weighted by Crippen LogP contribution is 2.53. The van der Waals surface area contributed by atoms with Crippen LogP contribution in [0, 0.1) is 23.7 Å². The second-order valence-corrected chi connectivity index (χ2v) is 8.81. The Morgan fingerprint density at radius 1 is 0.867 bits per heavy atom. The van der Waals surface area contributed by atoms with E-state index < -0.39 is 0 Å². The number of carbonyl (C=O) groups excluding carboxylic acids is 3. The number of imide groups is 1. The minimum Gasteiger partial charge on any atom is -0.334 e. The Hall–Kier alpha value is -3.21. The third kappa shape index (κ3) is 2.44. The van der Waals surface area contributed by atoms with E-state index in [0.717, 1.165) is 12.8 Å². The Bertz CT molecular complexity index is 1090. The third-order valence-electron chi connectivity index (χ3n) is 7.24. The first-order valence-corrected chi connectivity index (χ1v) is 10.6. The summed E-state index contributed by atoms with van der Waals surface area (Å²) in [7, 11) is 0. The van der Waals surface area contributed by atoms with Crippen LogP contribution >= 0.6 is 0 Å². The summed E-state index contributed by atoms with van der Waals surface area (Å²) in [5.74, 6) is -0.389. The van der Waals surface area contributed by atoms with Gasteiger partial charge in [0.25, 0.3) is 5.91 Å². The second kappa shape index (κ2) is 6.39. The number of allylic oxidation sites excluding steroid dienone is 2. The lowest BCUT2D eigenvalue weighted by atomic mass is 9.85. The molecule has 2 aromatic carbocycles. The maximum atomic E-state index is 13.2. The number of rotatable bonds is 2. The molecule has 2 aliphatic carbocycles. The number of amides is 3. The Kier molecular flexibility index (Phi) is 3.76. The predicted molar refractivity (Wildman–Crippen MR) is 112 cm³/mol. The van der Waals surface area contributed by atoms with E-state index in [1.807, 2.05) is 17.0 Å². The molecule has 0 N–H and O–H groups in total. The van der Waals surface area contributed by atoms with Crippen LogP contribution in [0.15, 0.2) is 60.7 Å². The van der Waals surface area contributed by atoms with Gasteiger partial charge in [0.05, 0.1) is 17.5 Å². The molecule has 6 rings (SSSR count). The van der Waals surface area contributed by atoms with Crippen LogP contribution in [-0.4, -0.2) is 29.2 Å². The largest absolute Gasteiger partial charge is 0.334 e. The standard InChI is InChI=1S/C25H22N2O3/c28-23(26-11-10-15-4-1-2-5-19(15)14-26)18-6-3-7-20(13-18)27-24(29)21-16-8-9-17(12-16)22(21)25(27)30/h1-9,13,16-17,21-22H,10-12,14H2/t16-,17-,21+,22+/m0/s1. The van der Waals surface area contributed by atoms with Crippen molar-refractivity contribution in [2.75, 3.05) is 11.4 Å². The van der Waals surface area contributed by atoms with Gasteiger partial charge in [0, 0.05) is 18.7 Å². The lowest BCUT2D eigenvalue weighted by Gasteiger charge is -2.29. The van der Waals surface area contributed by atoms with E-state index in [4.69, 9.17) is 0 Å². The minimum atomic E-state index is -0.231. The van der Waals surface area contributed by atoms with Crippen LogP contribution in [0.3, 0.4) is 0 Å². The van der Waals surface area contributed by atoms with E-state index in [0.29, 0.717) is 24.3 Å². The fraction of sp³-hybridized carbons (Fsp3) is 0.320. The van der Waals surface area contributed by atoms with Crippen LogP contribution in [0.1, 0.15) is 27.9 Å². The molecule has 0 radical (unpaired) electrons. The number of hydrogen-bond acceptors (Lipinski definition) is 3. The molecule has 2 bridgehead atoms. The summed E-state index contributed by atoms with van der Waals surface area (Å²) < 4.78 is 0. The molecule has 150 valence electrons. The van der Waals surface area contributed by atoms with Crippen molar-refractivity contribution in [2.24, 2.45) is 23.7 Å². The molecule has 2 aromatic rings. The summed E-state index contributed by atoms with van der Waals surface area (Å²) in [6.45, 7) is 1.25. The molecule has 0 unspecified atom stereocenters. The first-order valence-electron chi connectivity index (χ1n) is 10.6. The second-order valence-electron chi connectivity index (χ2n) is 8.81. The van der Waals surface area contributed by atoms with Gasteiger partial charge in [0.2, 0.25) is 11.8 Å². The van der Waals surface area contributed by atoms with Gasteiger partial charge >= 0.3 is 0 Å². The van der Waals surface area contributed by atoms with Gasteiger partial charge in [-0.05, 0) is 54.0 Å². The van der Waals surface area contributed by atoms with Gasteiger partial charge in [0.15, 0.2) is 0 Å². The Morgan fingerprint density at radius 2 is 1.57 bits per heavy atom. The van der Waals surface area contributed by atoms with Gasteiger partial charge < -0.3 is 4.90 Å². The lowest BCUT2D eigenvalue weighted by Crippen LogP contribution is -2.36. The number of hydrogen-bond donors (Lipinski definition) is 0. The summed E-state index contributed by atoms with van der Waals surface area (Å²) in [5, 5.41) is 0. The maximum Gasteiger partial charge on any atom is 0.254 e.